The molecule has 1 heterocycles. The number of hydrogen-bond acceptors (Lipinski definition) is 2. The van der Waals surface area contributed by atoms with Gasteiger partial charge in [0.1, 0.15) is 23.0 Å². The normalized spacial score (nSPS) is 10.4. The Morgan fingerprint density at radius 3 is 2.60 bits per heavy atom. The van der Waals surface area contributed by atoms with Gasteiger partial charge in [0.15, 0.2) is 0 Å². The van der Waals surface area contributed by atoms with Crippen LogP contribution in [0.1, 0.15) is 21.5 Å². The van der Waals surface area contributed by atoms with Gasteiger partial charge >= 0.3 is 0 Å². The van der Waals surface area contributed by atoms with Crippen LogP contribution in [0.25, 0.3) is 0 Å². The van der Waals surface area contributed by atoms with Crippen LogP contribution in [-0.4, -0.2) is 10.9 Å². The van der Waals surface area contributed by atoms with Crippen molar-refractivity contribution in [3.63, 3.8) is 0 Å². The Kier molecular flexibility index (Phi) is 4.13. The number of nitrogens with zero attached hydrogens (tertiary/aromatic N) is 1. The molecule has 0 unspecified atom stereocenters. The van der Waals surface area contributed by atoms with Gasteiger partial charge in [0.2, 0.25) is 0 Å². The first kappa shape index (κ1) is 14.6. The Morgan fingerprint density at radius 2 is 1.95 bits per heavy atom. The van der Waals surface area contributed by atoms with Crippen molar-refractivity contribution < 1.29 is 13.6 Å². The molecule has 0 saturated heterocycles. The van der Waals surface area contributed by atoms with E-state index in [1.165, 1.54) is 19.2 Å². The molecule has 6 heteroatoms. The molecular weight excluding hydrogens is 330 g/mol. The number of aromatic nitrogens is 1. The molecule has 0 aliphatic carbocycles. The summed E-state index contributed by atoms with van der Waals surface area (Å²) in [6.45, 7) is 3.28. The van der Waals surface area contributed by atoms with Gasteiger partial charge in [0.05, 0.1) is 0 Å². The molecule has 1 N–H and O–H groups in total. The van der Waals surface area contributed by atoms with Crippen molar-refractivity contribution in [3.05, 3.63) is 57.2 Å². The van der Waals surface area contributed by atoms with E-state index in [0.717, 1.165) is 16.1 Å². The molecule has 0 bridgehead atoms. The van der Waals surface area contributed by atoms with E-state index in [0.29, 0.717) is 0 Å². The van der Waals surface area contributed by atoms with E-state index in [-0.39, 0.29) is 11.4 Å². The number of rotatable bonds is 2. The highest BCUT2D eigenvalue weighted by Crippen LogP contribution is 2.20. The fourth-order valence-corrected chi connectivity index (χ4v) is 1.87. The molecule has 20 heavy (non-hydrogen) atoms. The van der Waals surface area contributed by atoms with Gasteiger partial charge in [-0.3, -0.25) is 4.79 Å². The second kappa shape index (κ2) is 5.66. The number of amides is 1. The van der Waals surface area contributed by atoms with E-state index in [2.05, 4.69) is 26.2 Å². The van der Waals surface area contributed by atoms with Crippen molar-refractivity contribution in [2.75, 3.05) is 5.32 Å². The lowest BCUT2D eigenvalue weighted by Crippen LogP contribution is -2.17. The topological polar surface area (TPSA) is 42.0 Å². The van der Waals surface area contributed by atoms with Crippen molar-refractivity contribution in [2.24, 2.45) is 0 Å². The SMILES string of the molecule is Cc1cc(NC(=O)c2c(F)ccc(C)c2F)ncc1Br. The number of pyridine rings is 1. The molecule has 0 fully saturated rings. The maximum atomic E-state index is 13.8. The summed E-state index contributed by atoms with van der Waals surface area (Å²) < 4.78 is 28.2. The van der Waals surface area contributed by atoms with Gasteiger partial charge in [-0.05, 0) is 53.0 Å². The lowest BCUT2D eigenvalue weighted by Gasteiger charge is -2.09. The Morgan fingerprint density at radius 1 is 1.25 bits per heavy atom. The molecule has 1 aromatic heterocycles. The third-order valence-electron chi connectivity index (χ3n) is 2.80. The van der Waals surface area contributed by atoms with Gasteiger partial charge in [-0.2, -0.15) is 0 Å². The van der Waals surface area contributed by atoms with E-state index in [1.807, 2.05) is 6.92 Å². The van der Waals surface area contributed by atoms with Crippen LogP contribution >= 0.6 is 15.9 Å². The molecule has 0 saturated carbocycles. The Balaban J connectivity index is 2.33. The van der Waals surface area contributed by atoms with Crippen molar-refractivity contribution >= 4 is 27.7 Å². The number of aryl methyl sites for hydroxylation is 2. The summed E-state index contributed by atoms with van der Waals surface area (Å²) in [6, 6.07) is 3.95. The number of nitrogens with one attached hydrogen (secondary N) is 1. The van der Waals surface area contributed by atoms with Gasteiger partial charge in [0, 0.05) is 10.7 Å². The summed E-state index contributed by atoms with van der Waals surface area (Å²) in [5.74, 6) is -2.40. The summed E-state index contributed by atoms with van der Waals surface area (Å²) in [5.41, 5.74) is 0.448. The standard InChI is InChI=1S/C14H11BrF2N2O/c1-7-3-4-10(16)12(13(7)17)14(20)19-11-5-8(2)9(15)6-18-11/h3-6H,1-2H3,(H,18,19,20). The maximum absolute atomic E-state index is 13.8. The first-order chi connectivity index (χ1) is 9.40. The van der Waals surface area contributed by atoms with E-state index >= 15 is 0 Å². The highest BCUT2D eigenvalue weighted by molar-refractivity contribution is 9.10. The van der Waals surface area contributed by atoms with E-state index in [4.69, 9.17) is 0 Å². The smallest absolute Gasteiger partial charge is 0.262 e. The lowest BCUT2D eigenvalue weighted by molar-refractivity contribution is 0.101. The van der Waals surface area contributed by atoms with Crippen molar-refractivity contribution in [1.82, 2.24) is 4.98 Å². The van der Waals surface area contributed by atoms with Crippen LogP contribution in [0.2, 0.25) is 0 Å². The lowest BCUT2D eigenvalue weighted by atomic mass is 10.1. The van der Waals surface area contributed by atoms with Gasteiger partial charge in [0.25, 0.3) is 5.91 Å². The van der Waals surface area contributed by atoms with Crippen LogP contribution in [0.4, 0.5) is 14.6 Å². The molecule has 0 atom stereocenters. The summed E-state index contributed by atoms with van der Waals surface area (Å²) in [5, 5.41) is 2.38. The summed E-state index contributed by atoms with van der Waals surface area (Å²) in [6.07, 6.45) is 1.51. The van der Waals surface area contributed by atoms with E-state index in [1.54, 1.807) is 6.07 Å². The minimum Gasteiger partial charge on any atom is -0.306 e. The Labute approximate surface area is 123 Å². The van der Waals surface area contributed by atoms with Crippen molar-refractivity contribution in [3.8, 4) is 0 Å². The second-order valence-electron chi connectivity index (χ2n) is 4.33. The zero-order chi connectivity index (χ0) is 14.9. The predicted molar refractivity (Wildman–Crippen MR) is 75.7 cm³/mol. The molecular formula is C14H11BrF2N2O. The number of carbonyl (C=O) groups excluding carboxylic acids is 1. The average Bonchev–Trinajstić information content (AvgIpc) is 2.39. The van der Waals surface area contributed by atoms with Crippen LogP contribution < -0.4 is 5.32 Å². The molecule has 1 aromatic carbocycles. The van der Waals surface area contributed by atoms with Gasteiger partial charge in [-0.1, -0.05) is 6.07 Å². The number of benzene rings is 1. The zero-order valence-corrected chi connectivity index (χ0v) is 12.4. The molecule has 3 nitrogen and oxygen atoms in total. The fourth-order valence-electron chi connectivity index (χ4n) is 1.65. The quantitative estimate of drug-likeness (QED) is 0.897. The molecule has 1 amide bonds. The summed E-state index contributed by atoms with van der Waals surface area (Å²) in [4.78, 5) is 15.9. The Bertz CT molecular complexity index is 689. The Hall–Kier alpha value is -1.82. The van der Waals surface area contributed by atoms with Crippen LogP contribution in [0, 0.1) is 25.5 Å². The minimum atomic E-state index is -0.903. The maximum Gasteiger partial charge on any atom is 0.262 e. The molecule has 2 rings (SSSR count). The molecule has 0 aliphatic rings. The third-order valence-corrected chi connectivity index (χ3v) is 3.63. The number of anilines is 1. The summed E-state index contributed by atoms with van der Waals surface area (Å²) >= 11 is 3.28. The van der Waals surface area contributed by atoms with Crippen LogP contribution in [0.15, 0.2) is 28.9 Å². The summed E-state index contributed by atoms with van der Waals surface area (Å²) in [7, 11) is 0. The highest BCUT2D eigenvalue weighted by atomic mass is 79.9. The number of halogens is 3. The first-order valence-corrected chi connectivity index (χ1v) is 6.57. The average molecular weight is 341 g/mol. The molecule has 0 spiro atoms. The fraction of sp³-hybridized carbons (Fsp3) is 0.143. The highest BCUT2D eigenvalue weighted by Gasteiger charge is 2.19. The molecule has 2 aromatic rings. The molecule has 104 valence electrons. The zero-order valence-electron chi connectivity index (χ0n) is 10.8. The van der Waals surface area contributed by atoms with Gasteiger partial charge in [-0.25, -0.2) is 13.8 Å². The van der Waals surface area contributed by atoms with Crippen LogP contribution in [0.3, 0.4) is 0 Å². The third kappa shape index (κ3) is 2.85. The van der Waals surface area contributed by atoms with E-state index < -0.39 is 23.1 Å². The second-order valence-corrected chi connectivity index (χ2v) is 5.18. The van der Waals surface area contributed by atoms with Crippen molar-refractivity contribution in [1.29, 1.82) is 0 Å². The monoisotopic (exact) mass is 340 g/mol. The van der Waals surface area contributed by atoms with Crippen LogP contribution in [0.5, 0.6) is 0 Å². The largest absolute Gasteiger partial charge is 0.306 e. The first-order valence-electron chi connectivity index (χ1n) is 5.78. The van der Waals surface area contributed by atoms with E-state index in [9.17, 15) is 13.6 Å². The van der Waals surface area contributed by atoms with Gasteiger partial charge in [-0.15, -0.1) is 0 Å². The molecule has 0 radical (unpaired) electrons. The molecule has 0 aliphatic heterocycles. The minimum absolute atomic E-state index is 0.205. The van der Waals surface area contributed by atoms with Crippen LogP contribution in [-0.2, 0) is 0 Å². The van der Waals surface area contributed by atoms with Crippen molar-refractivity contribution in [2.45, 2.75) is 13.8 Å². The number of carbonyl (C=O) groups is 1. The van der Waals surface area contributed by atoms with Gasteiger partial charge < -0.3 is 5.32 Å². The number of hydrogen-bond donors (Lipinski definition) is 1. The predicted octanol–water partition coefficient (Wildman–Crippen LogP) is 3.99.